The molecule has 0 amide bonds. The van der Waals surface area contributed by atoms with Gasteiger partial charge < -0.3 is 14.8 Å². The highest BCUT2D eigenvalue weighted by atomic mass is 35.5. The van der Waals surface area contributed by atoms with E-state index in [0.717, 1.165) is 6.54 Å². The molecule has 1 aliphatic rings. The average Bonchev–Trinajstić information content (AvgIpc) is 2.50. The highest BCUT2D eigenvalue weighted by Gasteiger charge is 2.29. The van der Waals surface area contributed by atoms with Gasteiger partial charge in [-0.1, -0.05) is 0 Å². The van der Waals surface area contributed by atoms with Gasteiger partial charge in [0.15, 0.2) is 0 Å². The number of ether oxygens (including phenoxy) is 2. The molecule has 0 aromatic heterocycles. The molecule has 1 fully saturated rings. The minimum atomic E-state index is -0.204. The van der Waals surface area contributed by atoms with Crippen LogP contribution in [0.25, 0.3) is 0 Å². The van der Waals surface area contributed by atoms with Gasteiger partial charge in [0.25, 0.3) is 0 Å². The van der Waals surface area contributed by atoms with Crippen molar-refractivity contribution in [3.8, 4) is 0 Å². The van der Waals surface area contributed by atoms with Crippen molar-refractivity contribution in [1.29, 1.82) is 0 Å². The SMILES string of the molecule is COC(=O)[C@H]1C[C@@H](OC)CN1.Cl. The first-order valence-electron chi connectivity index (χ1n) is 3.62. The highest BCUT2D eigenvalue weighted by molar-refractivity contribution is 5.85. The summed E-state index contributed by atoms with van der Waals surface area (Å²) < 4.78 is 9.64. The fourth-order valence-electron chi connectivity index (χ4n) is 1.20. The van der Waals surface area contributed by atoms with Crippen molar-refractivity contribution in [2.45, 2.75) is 18.6 Å². The van der Waals surface area contributed by atoms with Crippen LogP contribution >= 0.6 is 12.4 Å². The molecule has 0 radical (unpaired) electrons. The Hall–Kier alpha value is -0.320. The van der Waals surface area contributed by atoms with E-state index in [1.807, 2.05) is 0 Å². The molecule has 0 unspecified atom stereocenters. The number of esters is 1. The fraction of sp³-hybridized carbons (Fsp3) is 0.857. The second-order valence-electron chi connectivity index (χ2n) is 2.58. The molecule has 1 rings (SSSR count). The fourth-order valence-corrected chi connectivity index (χ4v) is 1.20. The molecule has 0 aromatic rings. The molecule has 12 heavy (non-hydrogen) atoms. The number of hydrogen-bond donors (Lipinski definition) is 1. The summed E-state index contributed by atoms with van der Waals surface area (Å²) in [6.07, 6.45) is 0.863. The van der Waals surface area contributed by atoms with Crippen LogP contribution in [0.1, 0.15) is 6.42 Å². The molecule has 4 nitrogen and oxygen atoms in total. The van der Waals surface area contributed by atoms with Gasteiger partial charge in [0, 0.05) is 20.1 Å². The number of rotatable bonds is 2. The lowest BCUT2D eigenvalue weighted by atomic mass is 10.2. The lowest BCUT2D eigenvalue weighted by molar-refractivity contribution is -0.142. The standard InChI is InChI=1S/C7H13NO3.ClH/c1-10-5-3-6(8-4-5)7(9)11-2;/h5-6,8H,3-4H2,1-2H3;1H/t5-,6-;/m1./s1. The monoisotopic (exact) mass is 195 g/mol. The summed E-state index contributed by atoms with van der Waals surface area (Å²) >= 11 is 0. The highest BCUT2D eigenvalue weighted by Crippen LogP contribution is 2.09. The number of carbonyl (C=O) groups excluding carboxylic acids is 1. The van der Waals surface area contributed by atoms with E-state index in [2.05, 4.69) is 10.1 Å². The van der Waals surface area contributed by atoms with Crippen LogP contribution in [0.5, 0.6) is 0 Å². The minimum Gasteiger partial charge on any atom is -0.468 e. The molecule has 1 N–H and O–H groups in total. The second-order valence-corrected chi connectivity index (χ2v) is 2.58. The summed E-state index contributed by atoms with van der Waals surface area (Å²) in [5.41, 5.74) is 0. The van der Waals surface area contributed by atoms with Gasteiger partial charge in [-0.25, -0.2) is 0 Å². The third kappa shape index (κ3) is 2.62. The van der Waals surface area contributed by atoms with Crippen molar-refractivity contribution in [2.75, 3.05) is 20.8 Å². The van der Waals surface area contributed by atoms with Gasteiger partial charge in [-0.3, -0.25) is 4.79 Å². The summed E-state index contributed by atoms with van der Waals surface area (Å²) in [5.74, 6) is -0.204. The van der Waals surface area contributed by atoms with E-state index in [1.165, 1.54) is 7.11 Å². The second kappa shape index (κ2) is 5.35. The van der Waals surface area contributed by atoms with Crippen LogP contribution < -0.4 is 5.32 Å². The van der Waals surface area contributed by atoms with Crippen LogP contribution in [0.15, 0.2) is 0 Å². The van der Waals surface area contributed by atoms with Crippen molar-refractivity contribution in [3.63, 3.8) is 0 Å². The summed E-state index contributed by atoms with van der Waals surface area (Å²) in [7, 11) is 3.04. The van der Waals surface area contributed by atoms with Gasteiger partial charge in [0.1, 0.15) is 6.04 Å². The lowest BCUT2D eigenvalue weighted by Gasteiger charge is -2.06. The third-order valence-electron chi connectivity index (χ3n) is 1.91. The van der Waals surface area contributed by atoms with Gasteiger partial charge in [-0.05, 0) is 0 Å². The van der Waals surface area contributed by atoms with E-state index < -0.39 is 0 Å². The number of hydrogen-bond acceptors (Lipinski definition) is 4. The molecule has 0 spiro atoms. The topological polar surface area (TPSA) is 47.6 Å². The first-order valence-corrected chi connectivity index (χ1v) is 3.62. The zero-order valence-electron chi connectivity index (χ0n) is 7.20. The normalized spacial score (nSPS) is 27.8. The predicted molar refractivity (Wildman–Crippen MR) is 46.5 cm³/mol. The summed E-state index contributed by atoms with van der Waals surface area (Å²) in [4.78, 5) is 10.9. The Balaban J connectivity index is 0.00000121. The molecule has 72 valence electrons. The summed E-state index contributed by atoms with van der Waals surface area (Å²) in [5, 5.41) is 3.01. The van der Waals surface area contributed by atoms with Gasteiger partial charge in [0.2, 0.25) is 0 Å². The Morgan fingerprint density at radius 2 is 2.17 bits per heavy atom. The molecule has 0 aliphatic carbocycles. The molecule has 0 saturated carbocycles. The van der Waals surface area contributed by atoms with Gasteiger partial charge in [-0.15, -0.1) is 12.4 Å². The van der Waals surface area contributed by atoms with Crippen LogP contribution in [-0.4, -0.2) is 38.9 Å². The molecule has 5 heteroatoms. The van der Waals surface area contributed by atoms with E-state index in [4.69, 9.17) is 4.74 Å². The predicted octanol–water partition coefficient (Wildman–Crippen LogP) is -0.0419. The largest absolute Gasteiger partial charge is 0.468 e. The van der Waals surface area contributed by atoms with Crippen LogP contribution in [-0.2, 0) is 14.3 Å². The first-order chi connectivity index (χ1) is 5.27. The molecule has 1 aliphatic heterocycles. The van der Waals surface area contributed by atoms with Gasteiger partial charge >= 0.3 is 5.97 Å². The van der Waals surface area contributed by atoms with Crippen molar-refractivity contribution >= 4 is 18.4 Å². The Kier molecular flexibility index (Phi) is 5.20. The van der Waals surface area contributed by atoms with Crippen LogP contribution in [0.4, 0.5) is 0 Å². The maximum Gasteiger partial charge on any atom is 0.322 e. The number of methoxy groups -OCH3 is 2. The van der Waals surface area contributed by atoms with Crippen molar-refractivity contribution < 1.29 is 14.3 Å². The molecular weight excluding hydrogens is 182 g/mol. The summed E-state index contributed by atoms with van der Waals surface area (Å²) in [6, 6.07) is -0.176. The van der Waals surface area contributed by atoms with Gasteiger partial charge in [0.05, 0.1) is 13.2 Å². The van der Waals surface area contributed by atoms with E-state index >= 15 is 0 Å². The molecule has 1 heterocycles. The molecule has 2 atom stereocenters. The van der Waals surface area contributed by atoms with Crippen LogP contribution in [0, 0.1) is 0 Å². The van der Waals surface area contributed by atoms with Crippen LogP contribution in [0.3, 0.4) is 0 Å². The Bertz CT molecular complexity index is 154. The zero-order chi connectivity index (χ0) is 8.27. The number of nitrogens with one attached hydrogen (secondary N) is 1. The van der Waals surface area contributed by atoms with Crippen molar-refractivity contribution in [2.24, 2.45) is 0 Å². The number of halogens is 1. The molecular formula is C7H14ClNO3. The van der Waals surface area contributed by atoms with Crippen molar-refractivity contribution in [3.05, 3.63) is 0 Å². The molecule has 0 bridgehead atoms. The minimum absolute atomic E-state index is 0. The maximum absolute atomic E-state index is 10.9. The smallest absolute Gasteiger partial charge is 0.322 e. The maximum atomic E-state index is 10.9. The van der Waals surface area contributed by atoms with E-state index in [1.54, 1.807) is 7.11 Å². The lowest BCUT2D eigenvalue weighted by Crippen LogP contribution is -2.31. The Morgan fingerprint density at radius 1 is 1.50 bits per heavy atom. The van der Waals surface area contributed by atoms with E-state index in [-0.39, 0.29) is 30.5 Å². The van der Waals surface area contributed by atoms with Crippen molar-refractivity contribution in [1.82, 2.24) is 5.32 Å². The van der Waals surface area contributed by atoms with Gasteiger partial charge in [-0.2, -0.15) is 0 Å². The zero-order valence-corrected chi connectivity index (χ0v) is 8.02. The van der Waals surface area contributed by atoms with E-state index in [9.17, 15) is 4.79 Å². The summed E-state index contributed by atoms with van der Waals surface area (Å²) in [6.45, 7) is 0.732. The Morgan fingerprint density at radius 3 is 2.58 bits per heavy atom. The van der Waals surface area contributed by atoms with Crippen LogP contribution in [0.2, 0.25) is 0 Å². The molecule has 1 saturated heterocycles. The Labute approximate surface area is 78.0 Å². The quantitative estimate of drug-likeness (QED) is 0.629. The van der Waals surface area contributed by atoms with E-state index in [0.29, 0.717) is 6.42 Å². The third-order valence-corrected chi connectivity index (χ3v) is 1.91. The first kappa shape index (κ1) is 11.7. The molecule has 0 aromatic carbocycles. The average molecular weight is 196 g/mol. The number of carbonyl (C=O) groups is 1.